The van der Waals surface area contributed by atoms with E-state index in [0.717, 1.165) is 10.6 Å². The highest BCUT2D eigenvalue weighted by Gasteiger charge is 2.07. The van der Waals surface area contributed by atoms with Gasteiger partial charge < -0.3 is 9.84 Å². The van der Waals surface area contributed by atoms with E-state index in [-0.39, 0.29) is 0 Å². The molecule has 0 heterocycles. The molecule has 1 aromatic carbocycles. The number of hydrogen-bond acceptors (Lipinski definition) is 2. The Morgan fingerprint density at radius 1 is 1.43 bits per heavy atom. The molecule has 14 heavy (non-hydrogen) atoms. The zero-order chi connectivity index (χ0) is 10.6. The first kappa shape index (κ1) is 10.4. The molecule has 1 rings (SSSR count). The summed E-state index contributed by atoms with van der Waals surface area (Å²) >= 11 is 0. The Kier molecular flexibility index (Phi) is 3.34. The molecule has 0 aromatic heterocycles. The summed E-state index contributed by atoms with van der Waals surface area (Å²) in [5, 5.41) is 8.70. The van der Waals surface area contributed by atoms with E-state index in [1.165, 1.54) is 7.05 Å². The number of carboxylic acid groups (broad SMARTS) is 1. The highest BCUT2D eigenvalue weighted by molar-refractivity contribution is 5.85. The van der Waals surface area contributed by atoms with E-state index >= 15 is 0 Å². The zero-order valence-corrected chi connectivity index (χ0v) is 8.23. The van der Waals surface area contributed by atoms with E-state index in [1.807, 2.05) is 6.92 Å². The minimum Gasteiger partial charge on any atom is -0.494 e. The van der Waals surface area contributed by atoms with Crippen LogP contribution in [0.5, 0.6) is 5.75 Å². The van der Waals surface area contributed by atoms with Crippen molar-refractivity contribution in [2.24, 2.45) is 0 Å². The minimum absolute atomic E-state index is 0.605. The smallest absolute Gasteiger partial charge is 0.411 e. The number of anilines is 1. The monoisotopic (exact) mass is 195 g/mol. The molecular weight excluding hydrogens is 182 g/mol. The molecule has 0 saturated carbocycles. The molecule has 4 nitrogen and oxygen atoms in total. The van der Waals surface area contributed by atoms with Crippen LogP contribution < -0.4 is 9.64 Å². The third kappa shape index (κ3) is 2.39. The van der Waals surface area contributed by atoms with Crippen molar-refractivity contribution in [3.8, 4) is 5.75 Å². The van der Waals surface area contributed by atoms with Crippen LogP contribution in [0.15, 0.2) is 24.3 Å². The first-order valence-corrected chi connectivity index (χ1v) is 4.34. The van der Waals surface area contributed by atoms with Crippen molar-refractivity contribution in [1.82, 2.24) is 0 Å². The van der Waals surface area contributed by atoms with Crippen molar-refractivity contribution in [2.75, 3.05) is 18.6 Å². The first-order chi connectivity index (χ1) is 6.65. The van der Waals surface area contributed by atoms with Crippen LogP contribution in [0.1, 0.15) is 6.92 Å². The van der Waals surface area contributed by atoms with Crippen LogP contribution in [0.2, 0.25) is 0 Å². The first-order valence-electron chi connectivity index (χ1n) is 4.34. The van der Waals surface area contributed by atoms with E-state index in [4.69, 9.17) is 9.84 Å². The van der Waals surface area contributed by atoms with E-state index < -0.39 is 6.09 Å². The molecule has 0 radical (unpaired) electrons. The Morgan fingerprint density at radius 3 is 2.43 bits per heavy atom. The van der Waals surface area contributed by atoms with Crippen LogP contribution in [0.3, 0.4) is 0 Å². The molecule has 0 saturated heterocycles. The second-order valence-electron chi connectivity index (χ2n) is 2.77. The van der Waals surface area contributed by atoms with Gasteiger partial charge in [-0.05, 0) is 31.2 Å². The molecule has 0 aliphatic heterocycles. The lowest BCUT2D eigenvalue weighted by Gasteiger charge is -2.13. The van der Waals surface area contributed by atoms with Crippen LogP contribution in [0, 0.1) is 0 Å². The predicted molar refractivity (Wildman–Crippen MR) is 54.0 cm³/mol. The van der Waals surface area contributed by atoms with Gasteiger partial charge in [-0.25, -0.2) is 4.79 Å². The van der Waals surface area contributed by atoms with Gasteiger partial charge in [-0.2, -0.15) is 0 Å². The average molecular weight is 195 g/mol. The fourth-order valence-electron chi connectivity index (χ4n) is 1.04. The summed E-state index contributed by atoms with van der Waals surface area (Å²) in [4.78, 5) is 11.8. The number of benzene rings is 1. The maximum absolute atomic E-state index is 10.6. The highest BCUT2D eigenvalue weighted by atomic mass is 16.5. The minimum atomic E-state index is -0.978. The zero-order valence-electron chi connectivity index (χ0n) is 8.23. The summed E-state index contributed by atoms with van der Waals surface area (Å²) in [6, 6.07) is 6.91. The third-order valence-electron chi connectivity index (χ3n) is 1.82. The van der Waals surface area contributed by atoms with Gasteiger partial charge in [0.2, 0.25) is 0 Å². The lowest BCUT2D eigenvalue weighted by Crippen LogP contribution is -2.23. The second-order valence-corrected chi connectivity index (χ2v) is 2.77. The van der Waals surface area contributed by atoms with Crippen LogP contribution in [-0.4, -0.2) is 24.9 Å². The SMILES string of the molecule is CCOc1ccc(N(C)C(=O)O)cc1. The van der Waals surface area contributed by atoms with Crippen LogP contribution in [-0.2, 0) is 0 Å². The van der Waals surface area contributed by atoms with Gasteiger partial charge in [0.05, 0.1) is 6.61 Å². The number of carbonyl (C=O) groups is 1. The molecular formula is C10H13NO3. The molecule has 0 atom stereocenters. The lowest BCUT2D eigenvalue weighted by molar-refractivity contribution is 0.203. The molecule has 0 spiro atoms. The fourth-order valence-corrected chi connectivity index (χ4v) is 1.04. The summed E-state index contributed by atoms with van der Waals surface area (Å²) in [6.07, 6.45) is -0.978. The molecule has 0 aliphatic rings. The fraction of sp³-hybridized carbons (Fsp3) is 0.300. The van der Waals surface area contributed by atoms with E-state index in [1.54, 1.807) is 24.3 Å². The summed E-state index contributed by atoms with van der Waals surface area (Å²) in [5.41, 5.74) is 0.626. The van der Waals surface area contributed by atoms with Crippen molar-refractivity contribution < 1.29 is 14.6 Å². The Labute approximate surface area is 82.7 Å². The molecule has 4 heteroatoms. The van der Waals surface area contributed by atoms with Gasteiger partial charge in [-0.3, -0.25) is 4.90 Å². The van der Waals surface area contributed by atoms with Crippen molar-refractivity contribution >= 4 is 11.8 Å². The molecule has 1 N–H and O–H groups in total. The van der Waals surface area contributed by atoms with Gasteiger partial charge in [-0.1, -0.05) is 0 Å². The Bertz CT molecular complexity index is 308. The normalized spacial score (nSPS) is 9.57. The van der Waals surface area contributed by atoms with Gasteiger partial charge >= 0.3 is 6.09 Å². The summed E-state index contributed by atoms with van der Waals surface area (Å²) in [7, 11) is 1.50. The lowest BCUT2D eigenvalue weighted by atomic mass is 10.3. The molecule has 1 aromatic rings. The molecule has 0 aliphatic carbocycles. The molecule has 0 fully saturated rings. The van der Waals surface area contributed by atoms with Crippen molar-refractivity contribution in [3.05, 3.63) is 24.3 Å². The number of amides is 1. The van der Waals surface area contributed by atoms with E-state index in [9.17, 15) is 4.79 Å². The summed E-state index contributed by atoms with van der Waals surface area (Å²) in [5.74, 6) is 0.745. The third-order valence-corrected chi connectivity index (χ3v) is 1.82. The molecule has 76 valence electrons. The largest absolute Gasteiger partial charge is 0.494 e. The topological polar surface area (TPSA) is 49.8 Å². The molecule has 0 bridgehead atoms. The van der Waals surface area contributed by atoms with Crippen LogP contribution in [0.25, 0.3) is 0 Å². The van der Waals surface area contributed by atoms with E-state index in [2.05, 4.69) is 0 Å². The van der Waals surface area contributed by atoms with E-state index in [0.29, 0.717) is 12.3 Å². The van der Waals surface area contributed by atoms with Crippen LogP contribution in [0.4, 0.5) is 10.5 Å². The van der Waals surface area contributed by atoms with Gasteiger partial charge in [0.25, 0.3) is 0 Å². The predicted octanol–water partition coefficient (Wildman–Crippen LogP) is 2.20. The maximum Gasteiger partial charge on any atom is 0.411 e. The number of ether oxygens (including phenoxy) is 1. The quantitative estimate of drug-likeness (QED) is 0.804. The highest BCUT2D eigenvalue weighted by Crippen LogP contribution is 2.18. The van der Waals surface area contributed by atoms with Crippen LogP contribution >= 0.6 is 0 Å². The Hall–Kier alpha value is -1.71. The van der Waals surface area contributed by atoms with Crippen molar-refractivity contribution in [3.63, 3.8) is 0 Å². The van der Waals surface area contributed by atoms with Crippen molar-refractivity contribution in [1.29, 1.82) is 0 Å². The van der Waals surface area contributed by atoms with Crippen molar-refractivity contribution in [2.45, 2.75) is 6.92 Å². The maximum atomic E-state index is 10.6. The van der Waals surface area contributed by atoms with Gasteiger partial charge in [0, 0.05) is 12.7 Å². The van der Waals surface area contributed by atoms with Gasteiger partial charge in [-0.15, -0.1) is 0 Å². The molecule has 1 amide bonds. The Balaban J connectivity index is 2.77. The standard InChI is InChI=1S/C10H13NO3/c1-3-14-9-6-4-8(5-7-9)11(2)10(12)13/h4-7H,3H2,1-2H3,(H,12,13). The van der Waals surface area contributed by atoms with Gasteiger partial charge in [0.15, 0.2) is 0 Å². The number of hydrogen-bond donors (Lipinski definition) is 1. The number of nitrogens with zero attached hydrogens (tertiary/aromatic N) is 1. The molecule has 0 unspecified atom stereocenters. The summed E-state index contributed by atoms with van der Waals surface area (Å²) < 4.78 is 5.24. The second kappa shape index (κ2) is 4.50. The number of rotatable bonds is 3. The van der Waals surface area contributed by atoms with Gasteiger partial charge in [0.1, 0.15) is 5.75 Å². The summed E-state index contributed by atoms with van der Waals surface area (Å²) in [6.45, 7) is 2.51. The Morgan fingerprint density at radius 2 is 2.00 bits per heavy atom. The average Bonchev–Trinajstić information content (AvgIpc) is 2.18.